The molecule has 1 saturated carbocycles. The van der Waals surface area contributed by atoms with E-state index in [2.05, 4.69) is 19.9 Å². The van der Waals surface area contributed by atoms with Crippen molar-refractivity contribution in [1.82, 2.24) is 0 Å². The summed E-state index contributed by atoms with van der Waals surface area (Å²) in [6.07, 6.45) is 7.21. The SMILES string of the molecule is CC(=O)[C@@]1(CCC=C(C)C)CCCC[C@H]1O. The number of rotatable bonds is 4. The number of allylic oxidation sites excluding steroid dienone is 2. The van der Waals surface area contributed by atoms with Crippen molar-refractivity contribution in [3.8, 4) is 0 Å². The average molecular weight is 224 g/mol. The zero-order chi connectivity index (χ0) is 12.2. The first-order valence-corrected chi connectivity index (χ1v) is 6.31. The van der Waals surface area contributed by atoms with Crippen LogP contribution in [0.1, 0.15) is 59.3 Å². The van der Waals surface area contributed by atoms with Crippen LogP contribution in [0.15, 0.2) is 11.6 Å². The largest absolute Gasteiger partial charge is 0.392 e. The third-order valence-corrected chi connectivity index (χ3v) is 3.83. The number of hydrogen-bond acceptors (Lipinski definition) is 2. The lowest BCUT2D eigenvalue weighted by molar-refractivity contribution is -0.137. The second-order valence-electron chi connectivity index (χ2n) is 5.29. The molecule has 0 aromatic heterocycles. The highest BCUT2D eigenvalue weighted by Gasteiger charge is 2.43. The molecular formula is C14H24O2. The van der Waals surface area contributed by atoms with Crippen LogP contribution in [0.5, 0.6) is 0 Å². The number of aliphatic hydroxyl groups is 1. The van der Waals surface area contributed by atoms with Gasteiger partial charge in [-0.2, -0.15) is 0 Å². The number of carbonyl (C=O) groups is 1. The summed E-state index contributed by atoms with van der Waals surface area (Å²) in [4.78, 5) is 11.8. The predicted molar refractivity (Wildman–Crippen MR) is 66.3 cm³/mol. The highest BCUT2D eigenvalue weighted by molar-refractivity contribution is 5.83. The molecule has 0 bridgehead atoms. The van der Waals surface area contributed by atoms with Gasteiger partial charge in [-0.05, 0) is 46.5 Å². The maximum absolute atomic E-state index is 11.8. The first-order valence-electron chi connectivity index (χ1n) is 6.31. The Balaban J connectivity index is 2.72. The first kappa shape index (κ1) is 13.4. The van der Waals surface area contributed by atoms with Crippen molar-refractivity contribution >= 4 is 5.78 Å². The summed E-state index contributed by atoms with van der Waals surface area (Å²) in [5.74, 6) is 0.168. The molecule has 1 N–H and O–H groups in total. The molecule has 0 radical (unpaired) electrons. The summed E-state index contributed by atoms with van der Waals surface area (Å²) >= 11 is 0. The molecule has 0 amide bonds. The van der Waals surface area contributed by atoms with Gasteiger partial charge in [0.25, 0.3) is 0 Å². The standard InChI is InChI=1S/C14H24O2/c1-11(2)7-6-10-14(12(3)15)9-5-4-8-13(14)16/h7,13,16H,4-6,8-10H2,1-3H3/t13-,14+/m1/s1. The number of hydrogen-bond donors (Lipinski definition) is 1. The fraction of sp³-hybridized carbons (Fsp3) is 0.786. The Bertz CT molecular complexity index is 276. The van der Waals surface area contributed by atoms with Crippen LogP contribution in [0.25, 0.3) is 0 Å². The minimum atomic E-state index is -0.454. The van der Waals surface area contributed by atoms with E-state index < -0.39 is 11.5 Å². The van der Waals surface area contributed by atoms with Gasteiger partial charge in [-0.1, -0.05) is 24.5 Å². The Hall–Kier alpha value is -0.630. The highest BCUT2D eigenvalue weighted by atomic mass is 16.3. The Labute approximate surface area is 98.7 Å². The van der Waals surface area contributed by atoms with E-state index in [9.17, 15) is 9.90 Å². The van der Waals surface area contributed by atoms with Gasteiger partial charge in [-0.25, -0.2) is 0 Å². The number of carbonyl (C=O) groups excluding carboxylic acids is 1. The van der Waals surface area contributed by atoms with Crippen molar-refractivity contribution < 1.29 is 9.90 Å². The van der Waals surface area contributed by atoms with Gasteiger partial charge in [-0.15, -0.1) is 0 Å². The molecule has 2 heteroatoms. The molecule has 16 heavy (non-hydrogen) atoms. The minimum Gasteiger partial charge on any atom is -0.392 e. The van der Waals surface area contributed by atoms with E-state index in [1.165, 1.54) is 5.57 Å². The molecule has 0 aromatic rings. The first-order chi connectivity index (χ1) is 7.49. The minimum absolute atomic E-state index is 0.168. The lowest BCUT2D eigenvalue weighted by Gasteiger charge is -2.39. The van der Waals surface area contributed by atoms with Crippen LogP contribution < -0.4 is 0 Å². The second kappa shape index (κ2) is 5.62. The Kier molecular flexibility index (Phi) is 4.72. The number of Topliss-reactive ketones (excluding diaryl/α,β-unsaturated/α-hetero) is 1. The summed E-state index contributed by atoms with van der Waals surface area (Å²) < 4.78 is 0. The fourth-order valence-corrected chi connectivity index (χ4v) is 2.72. The molecule has 0 saturated heterocycles. The Morgan fingerprint density at radius 1 is 1.38 bits per heavy atom. The van der Waals surface area contributed by atoms with Crippen LogP contribution in [-0.4, -0.2) is 17.0 Å². The smallest absolute Gasteiger partial charge is 0.138 e. The zero-order valence-corrected chi connectivity index (χ0v) is 10.8. The van der Waals surface area contributed by atoms with Crippen molar-refractivity contribution in [3.63, 3.8) is 0 Å². The van der Waals surface area contributed by atoms with Crippen molar-refractivity contribution in [2.24, 2.45) is 5.41 Å². The molecule has 0 aliphatic heterocycles. The third-order valence-electron chi connectivity index (χ3n) is 3.83. The maximum atomic E-state index is 11.8. The molecule has 0 heterocycles. The van der Waals surface area contributed by atoms with Gasteiger partial charge in [0.2, 0.25) is 0 Å². The normalized spacial score (nSPS) is 29.9. The molecule has 0 unspecified atom stereocenters. The molecule has 1 aliphatic rings. The van der Waals surface area contributed by atoms with Crippen LogP contribution in [-0.2, 0) is 4.79 Å². The van der Waals surface area contributed by atoms with Gasteiger partial charge in [0.05, 0.1) is 11.5 Å². The van der Waals surface area contributed by atoms with Gasteiger partial charge >= 0.3 is 0 Å². The van der Waals surface area contributed by atoms with E-state index >= 15 is 0 Å². The quantitative estimate of drug-likeness (QED) is 0.744. The summed E-state index contributed by atoms with van der Waals surface area (Å²) in [6.45, 7) is 5.77. The van der Waals surface area contributed by atoms with E-state index in [-0.39, 0.29) is 5.78 Å². The molecule has 92 valence electrons. The molecule has 0 aromatic carbocycles. The average Bonchev–Trinajstić information content (AvgIpc) is 2.20. The van der Waals surface area contributed by atoms with Crippen LogP contribution >= 0.6 is 0 Å². The maximum Gasteiger partial charge on any atom is 0.138 e. The monoisotopic (exact) mass is 224 g/mol. The summed E-state index contributed by atoms with van der Waals surface area (Å²) in [5, 5.41) is 10.1. The van der Waals surface area contributed by atoms with Gasteiger partial charge in [0.1, 0.15) is 5.78 Å². The zero-order valence-electron chi connectivity index (χ0n) is 10.8. The lowest BCUT2D eigenvalue weighted by atomic mass is 9.66. The van der Waals surface area contributed by atoms with Gasteiger partial charge in [-0.3, -0.25) is 4.79 Å². The lowest BCUT2D eigenvalue weighted by Crippen LogP contribution is -2.43. The van der Waals surface area contributed by atoms with Crippen molar-refractivity contribution in [3.05, 3.63) is 11.6 Å². The molecule has 0 spiro atoms. The van der Waals surface area contributed by atoms with E-state index in [4.69, 9.17) is 0 Å². The molecule has 2 atom stereocenters. The molecule has 2 nitrogen and oxygen atoms in total. The molecule has 1 rings (SSSR count). The van der Waals surface area contributed by atoms with Crippen molar-refractivity contribution in [1.29, 1.82) is 0 Å². The summed E-state index contributed by atoms with van der Waals surface area (Å²) in [7, 11) is 0. The van der Waals surface area contributed by atoms with E-state index in [0.717, 1.165) is 38.5 Å². The van der Waals surface area contributed by atoms with Crippen LogP contribution in [0, 0.1) is 5.41 Å². The predicted octanol–water partition coefficient (Wildman–Crippen LogP) is 3.24. The number of ketones is 1. The third kappa shape index (κ3) is 2.94. The van der Waals surface area contributed by atoms with E-state index in [1.807, 2.05) is 0 Å². The molecule has 1 aliphatic carbocycles. The highest BCUT2D eigenvalue weighted by Crippen LogP contribution is 2.41. The number of aliphatic hydroxyl groups excluding tert-OH is 1. The van der Waals surface area contributed by atoms with E-state index in [0.29, 0.717) is 0 Å². The fourth-order valence-electron chi connectivity index (χ4n) is 2.72. The Morgan fingerprint density at radius 2 is 2.06 bits per heavy atom. The van der Waals surface area contributed by atoms with Crippen molar-refractivity contribution in [2.75, 3.05) is 0 Å². The molecule has 1 fully saturated rings. The molecular weight excluding hydrogens is 200 g/mol. The Morgan fingerprint density at radius 3 is 2.56 bits per heavy atom. The van der Waals surface area contributed by atoms with Crippen LogP contribution in [0.3, 0.4) is 0 Å². The summed E-state index contributed by atoms with van der Waals surface area (Å²) in [6, 6.07) is 0. The summed E-state index contributed by atoms with van der Waals surface area (Å²) in [5.41, 5.74) is 0.827. The van der Waals surface area contributed by atoms with E-state index in [1.54, 1.807) is 6.92 Å². The van der Waals surface area contributed by atoms with Gasteiger partial charge < -0.3 is 5.11 Å². The van der Waals surface area contributed by atoms with Gasteiger partial charge in [0, 0.05) is 0 Å². The van der Waals surface area contributed by atoms with Crippen molar-refractivity contribution in [2.45, 2.75) is 65.4 Å². The topological polar surface area (TPSA) is 37.3 Å². The van der Waals surface area contributed by atoms with Crippen LogP contribution in [0.4, 0.5) is 0 Å². The van der Waals surface area contributed by atoms with Gasteiger partial charge in [0.15, 0.2) is 0 Å². The second-order valence-corrected chi connectivity index (χ2v) is 5.29. The van der Waals surface area contributed by atoms with Crippen LogP contribution in [0.2, 0.25) is 0 Å².